The highest BCUT2D eigenvalue weighted by atomic mass is 127. The number of hydrogen-bond donors (Lipinski definition) is 4. The summed E-state index contributed by atoms with van der Waals surface area (Å²) in [7, 11) is 1.72. The Morgan fingerprint density at radius 1 is 1.14 bits per heavy atom. The lowest BCUT2D eigenvalue weighted by Gasteiger charge is -2.28. The van der Waals surface area contributed by atoms with Gasteiger partial charge in [-0.3, -0.25) is 0 Å². The predicted molar refractivity (Wildman–Crippen MR) is 125 cm³/mol. The number of carboxylic acids is 2. The number of carbonyl (C=O) groups is 2. The van der Waals surface area contributed by atoms with Gasteiger partial charge >= 0.3 is 11.9 Å². The summed E-state index contributed by atoms with van der Waals surface area (Å²) in [6.07, 6.45) is 1.91. The number of rotatable bonds is 3. The largest absolute Gasteiger partial charge is 0.508 e. The second-order valence-corrected chi connectivity index (χ2v) is 8.83. The van der Waals surface area contributed by atoms with Gasteiger partial charge in [0, 0.05) is 6.04 Å². The van der Waals surface area contributed by atoms with Crippen molar-refractivity contribution in [3.63, 3.8) is 0 Å². The highest BCUT2D eigenvalue weighted by Crippen LogP contribution is 2.33. The van der Waals surface area contributed by atoms with Gasteiger partial charge < -0.3 is 25.4 Å². The van der Waals surface area contributed by atoms with E-state index in [1.807, 2.05) is 13.0 Å². The Morgan fingerprint density at radius 2 is 1.72 bits per heavy atom. The lowest BCUT2D eigenvalue weighted by molar-refractivity contribution is -0.159. The quantitative estimate of drug-likeness (QED) is 0.305. The number of hydrogen-bond acceptors (Lipinski definition) is 5. The van der Waals surface area contributed by atoms with Gasteiger partial charge in [0.1, 0.15) is 11.5 Å². The van der Waals surface area contributed by atoms with E-state index in [0.717, 1.165) is 37.8 Å². The SMILES string of the molecule is COc1c(I)cc(CC2NCCc3cc(O)c(C)cc32)cc1I.O=C(O)C(=O)O. The molecule has 1 aliphatic rings. The average molecular weight is 625 g/mol. The molecule has 0 aromatic heterocycles. The molecule has 3 rings (SSSR count). The molecule has 0 amide bonds. The third-order valence-electron chi connectivity index (χ3n) is 4.50. The fourth-order valence-electron chi connectivity index (χ4n) is 3.14. The number of methoxy groups -OCH3 is 1. The maximum absolute atomic E-state index is 9.95. The summed E-state index contributed by atoms with van der Waals surface area (Å²) in [6, 6.07) is 8.74. The first-order valence-corrected chi connectivity index (χ1v) is 10.8. The fourth-order valence-corrected chi connectivity index (χ4v) is 5.47. The second kappa shape index (κ2) is 10.4. The maximum Gasteiger partial charge on any atom is 0.414 e. The topological polar surface area (TPSA) is 116 Å². The van der Waals surface area contributed by atoms with Crippen LogP contribution in [0.5, 0.6) is 11.5 Å². The first kappa shape index (κ1) is 23.7. The van der Waals surface area contributed by atoms with Crippen LogP contribution in [0.1, 0.15) is 28.3 Å². The molecule has 1 aliphatic heterocycles. The number of benzene rings is 2. The third-order valence-corrected chi connectivity index (χ3v) is 6.11. The number of ether oxygens (including phenoxy) is 1. The van der Waals surface area contributed by atoms with E-state index in [4.69, 9.17) is 24.5 Å². The Balaban J connectivity index is 0.000000438. The van der Waals surface area contributed by atoms with Crippen LogP contribution in [0.3, 0.4) is 0 Å². The van der Waals surface area contributed by atoms with Crippen molar-refractivity contribution in [3.05, 3.63) is 53.7 Å². The summed E-state index contributed by atoms with van der Waals surface area (Å²) in [4.78, 5) is 18.2. The molecule has 29 heavy (non-hydrogen) atoms. The summed E-state index contributed by atoms with van der Waals surface area (Å²) < 4.78 is 7.73. The first-order chi connectivity index (χ1) is 13.6. The summed E-state index contributed by atoms with van der Waals surface area (Å²) in [6.45, 7) is 2.91. The van der Waals surface area contributed by atoms with Crippen LogP contribution in [0.25, 0.3) is 0 Å². The molecule has 9 heteroatoms. The van der Waals surface area contributed by atoms with Crippen molar-refractivity contribution in [1.82, 2.24) is 5.32 Å². The molecule has 2 aromatic rings. The van der Waals surface area contributed by atoms with Crippen molar-refractivity contribution in [2.24, 2.45) is 0 Å². The zero-order valence-electron chi connectivity index (χ0n) is 15.8. The zero-order chi connectivity index (χ0) is 21.7. The van der Waals surface area contributed by atoms with Gasteiger partial charge in [-0.15, -0.1) is 0 Å². The lowest BCUT2D eigenvalue weighted by Crippen LogP contribution is -2.31. The number of aromatic hydroxyl groups is 1. The number of carboxylic acid groups (broad SMARTS) is 2. The molecule has 0 radical (unpaired) electrons. The van der Waals surface area contributed by atoms with Crippen LogP contribution >= 0.6 is 45.2 Å². The van der Waals surface area contributed by atoms with Crippen LogP contribution in [0.15, 0.2) is 24.3 Å². The molecule has 0 bridgehead atoms. The number of aryl methyl sites for hydroxylation is 1. The van der Waals surface area contributed by atoms with E-state index in [2.05, 4.69) is 68.7 Å². The molecule has 0 saturated heterocycles. The highest BCUT2D eigenvalue weighted by molar-refractivity contribution is 14.1. The van der Waals surface area contributed by atoms with Crippen LogP contribution in [-0.4, -0.2) is 40.9 Å². The molecule has 1 heterocycles. The molecule has 4 N–H and O–H groups in total. The van der Waals surface area contributed by atoms with E-state index in [1.54, 1.807) is 7.11 Å². The molecule has 0 fully saturated rings. The Morgan fingerprint density at radius 3 is 2.24 bits per heavy atom. The van der Waals surface area contributed by atoms with Crippen LogP contribution < -0.4 is 10.1 Å². The van der Waals surface area contributed by atoms with Gasteiger partial charge in [-0.2, -0.15) is 0 Å². The monoisotopic (exact) mass is 625 g/mol. The van der Waals surface area contributed by atoms with Crippen molar-refractivity contribution >= 4 is 57.1 Å². The fraction of sp³-hybridized carbons (Fsp3) is 0.300. The molecule has 1 atom stereocenters. The summed E-state index contributed by atoms with van der Waals surface area (Å²) in [5.41, 5.74) is 4.81. The average Bonchev–Trinajstić information content (AvgIpc) is 2.63. The molecular formula is C20H21I2NO6. The van der Waals surface area contributed by atoms with Gasteiger partial charge in [-0.25, -0.2) is 9.59 Å². The standard InChI is InChI=1S/C18H19I2NO2.C2H2O4/c1-10-5-13-12(9-17(10)22)3-4-21-16(13)8-11-6-14(19)18(23-2)15(20)7-11;3-1(4)2(5)6/h5-7,9,16,21-22H,3-4,8H2,1-2H3;(H,3,4)(H,5,6). The maximum atomic E-state index is 9.95. The van der Waals surface area contributed by atoms with Crippen molar-refractivity contribution in [2.45, 2.75) is 25.8 Å². The van der Waals surface area contributed by atoms with Crippen molar-refractivity contribution in [1.29, 1.82) is 0 Å². The number of phenolic OH excluding ortho intramolecular Hbond substituents is 1. The van der Waals surface area contributed by atoms with Crippen molar-refractivity contribution in [3.8, 4) is 11.5 Å². The van der Waals surface area contributed by atoms with Crippen LogP contribution in [0, 0.1) is 14.1 Å². The molecule has 2 aromatic carbocycles. The minimum absolute atomic E-state index is 0.290. The van der Waals surface area contributed by atoms with Gasteiger partial charge in [0.25, 0.3) is 0 Å². The molecule has 7 nitrogen and oxygen atoms in total. The number of aliphatic carboxylic acids is 2. The summed E-state index contributed by atoms with van der Waals surface area (Å²) in [5, 5.41) is 28.3. The zero-order valence-corrected chi connectivity index (χ0v) is 20.1. The van der Waals surface area contributed by atoms with E-state index in [-0.39, 0.29) is 6.04 Å². The molecule has 1 unspecified atom stereocenters. The smallest absolute Gasteiger partial charge is 0.414 e. The van der Waals surface area contributed by atoms with Gasteiger partial charge in [-0.1, -0.05) is 6.07 Å². The van der Waals surface area contributed by atoms with Gasteiger partial charge in [0.05, 0.1) is 14.3 Å². The molecule has 0 aliphatic carbocycles. The third kappa shape index (κ3) is 6.19. The van der Waals surface area contributed by atoms with E-state index in [0.29, 0.717) is 5.75 Å². The second-order valence-electron chi connectivity index (χ2n) is 6.50. The van der Waals surface area contributed by atoms with Gasteiger partial charge in [0.15, 0.2) is 0 Å². The minimum Gasteiger partial charge on any atom is -0.508 e. The van der Waals surface area contributed by atoms with E-state index >= 15 is 0 Å². The lowest BCUT2D eigenvalue weighted by atomic mass is 9.89. The number of halogens is 2. The Labute approximate surface area is 195 Å². The van der Waals surface area contributed by atoms with Crippen LogP contribution in [-0.2, 0) is 22.4 Å². The Kier molecular flexibility index (Phi) is 8.52. The van der Waals surface area contributed by atoms with Crippen LogP contribution in [0.2, 0.25) is 0 Å². The minimum atomic E-state index is -1.82. The van der Waals surface area contributed by atoms with Crippen molar-refractivity contribution in [2.75, 3.05) is 13.7 Å². The Bertz CT molecular complexity index is 896. The van der Waals surface area contributed by atoms with E-state index in [9.17, 15) is 5.11 Å². The number of nitrogens with one attached hydrogen (secondary N) is 1. The highest BCUT2D eigenvalue weighted by Gasteiger charge is 2.22. The molecular weight excluding hydrogens is 604 g/mol. The number of fused-ring (bicyclic) bond motifs is 1. The van der Waals surface area contributed by atoms with E-state index < -0.39 is 11.9 Å². The molecule has 156 valence electrons. The summed E-state index contributed by atoms with van der Waals surface area (Å²) in [5.74, 6) is -2.30. The van der Waals surface area contributed by atoms with Gasteiger partial charge in [0.2, 0.25) is 0 Å². The molecule has 0 saturated carbocycles. The Hall–Kier alpha value is -1.60. The first-order valence-electron chi connectivity index (χ1n) is 8.68. The van der Waals surface area contributed by atoms with E-state index in [1.165, 1.54) is 16.7 Å². The summed E-state index contributed by atoms with van der Waals surface area (Å²) >= 11 is 4.66. The predicted octanol–water partition coefficient (Wildman–Crippen LogP) is 3.50. The van der Waals surface area contributed by atoms with Crippen LogP contribution in [0.4, 0.5) is 0 Å². The molecule has 0 spiro atoms. The van der Waals surface area contributed by atoms with Gasteiger partial charge in [-0.05, 0) is 112 Å². The van der Waals surface area contributed by atoms with Crippen molar-refractivity contribution < 1.29 is 29.6 Å². The number of phenols is 1. The normalized spacial score (nSPS) is 15.0.